The summed E-state index contributed by atoms with van der Waals surface area (Å²) in [5.74, 6) is 1.82. The van der Waals surface area contributed by atoms with Gasteiger partial charge in [0, 0.05) is 19.7 Å². The summed E-state index contributed by atoms with van der Waals surface area (Å²) in [5, 5.41) is 2.73. The number of hydrogen-bond acceptors (Lipinski definition) is 4. The van der Waals surface area contributed by atoms with Gasteiger partial charge in [0.05, 0.1) is 20.3 Å². The van der Waals surface area contributed by atoms with E-state index in [2.05, 4.69) is 19.2 Å². The summed E-state index contributed by atoms with van der Waals surface area (Å²) in [6.07, 6.45) is 4.22. The largest absolute Gasteiger partial charge is 0.493 e. The van der Waals surface area contributed by atoms with Crippen molar-refractivity contribution in [3.63, 3.8) is 0 Å². The lowest BCUT2D eigenvalue weighted by Gasteiger charge is -2.12. The van der Waals surface area contributed by atoms with Gasteiger partial charge in [0.25, 0.3) is 0 Å². The highest BCUT2D eigenvalue weighted by Gasteiger charge is 2.05. The number of carbonyl (C=O) groups is 1. The molecule has 0 bridgehead atoms. The molecule has 5 heteroatoms. The highest BCUT2D eigenvalue weighted by atomic mass is 16.5. The first-order chi connectivity index (χ1) is 11.1. The zero-order valence-corrected chi connectivity index (χ0v) is 14.4. The summed E-state index contributed by atoms with van der Waals surface area (Å²) in [7, 11) is 3.20. The van der Waals surface area contributed by atoms with Crippen LogP contribution in [0, 0.1) is 5.92 Å². The number of amides is 1. The van der Waals surface area contributed by atoms with E-state index in [9.17, 15) is 4.79 Å². The minimum Gasteiger partial charge on any atom is -0.493 e. The van der Waals surface area contributed by atoms with Crippen LogP contribution in [0.25, 0.3) is 6.08 Å². The van der Waals surface area contributed by atoms with Gasteiger partial charge in [-0.05, 0) is 36.1 Å². The maximum absolute atomic E-state index is 11.6. The molecule has 0 heterocycles. The Morgan fingerprint density at radius 3 is 2.65 bits per heavy atom. The molecule has 0 atom stereocenters. The Bertz CT molecular complexity index is 512. The Morgan fingerprint density at radius 1 is 1.22 bits per heavy atom. The molecule has 1 N–H and O–H groups in total. The van der Waals surface area contributed by atoms with Crippen molar-refractivity contribution in [2.45, 2.75) is 20.3 Å². The molecule has 0 aromatic heterocycles. The quantitative estimate of drug-likeness (QED) is 0.532. The van der Waals surface area contributed by atoms with Gasteiger partial charge in [-0.25, -0.2) is 0 Å². The number of benzene rings is 1. The SMILES string of the molecule is COCCNC(=O)/C=C/c1ccc(OCCC(C)C)c(OC)c1. The molecule has 0 radical (unpaired) electrons. The van der Waals surface area contributed by atoms with Crippen LogP contribution in [0.15, 0.2) is 24.3 Å². The smallest absolute Gasteiger partial charge is 0.244 e. The number of ether oxygens (including phenoxy) is 3. The van der Waals surface area contributed by atoms with Gasteiger partial charge in [-0.15, -0.1) is 0 Å². The van der Waals surface area contributed by atoms with Crippen LogP contribution in [-0.2, 0) is 9.53 Å². The Kier molecular flexibility index (Phi) is 8.83. The van der Waals surface area contributed by atoms with E-state index < -0.39 is 0 Å². The second-order valence-electron chi connectivity index (χ2n) is 5.56. The zero-order chi connectivity index (χ0) is 17.1. The maximum atomic E-state index is 11.6. The molecule has 0 aliphatic carbocycles. The second kappa shape index (κ2) is 10.7. The number of rotatable bonds is 10. The van der Waals surface area contributed by atoms with Crippen LogP contribution in [0.2, 0.25) is 0 Å². The van der Waals surface area contributed by atoms with Crippen LogP contribution in [0.4, 0.5) is 0 Å². The summed E-state index contributed by atoms with van der Waals surface area (Å²) >= 11 is 0. The van der Waals surface area contributed by atoms with Gasteiger partial charge in [-0.3, -0.25) is 4.79 Å². The Balaban J connectivity index is 2.62. The molecule has 23 heavy (non-hydrogen) atoms. The molecule has 0 saturated carbocycles. The van der Waals surface area contributed by atoms with Crippen molar-refractivity contribution in [1.82, 2.24) is 5.32 Å². The Morgan fingerprint density at radius 2 is 2.00 bits per heavy atom. The summed E-state index contributed by atoms with van der Waals surface area (Å²) in [6.45, 7) is 5.96. The third-order valence-electron chi connectivity index (χ3n) is 3.17. The summed E-state index contributed by atoms with van der Waals surface area (Å²) in [4.78, 5) is 11.6. The van der Waals surface area contributed by atoms with Crippen molar-refractivity contribution in [3.8, 4) is 11.5 Å². The fourth-order valence-corrected chi connectivity index (χ4v) is 1.82. The van der Waals surface area contributed by atoms with Crippen molar-refractivity contribution in [2.24, 2.45) is 5.92 Å². The summed E-state index contributed by atoms with van der Waals surface area (Å²) in [6, 6.07) is 5.61. The average molecular weight is 321 g/mol. The highest BCUT2D eigenvalue weighted by Crippen LogP contribution is 2.28. The van der Waals surface area contributed by atoms with Crippen LogP contribution >= 0.6 is 0 Å². The third kappa shape index (κ3) is 7.70. The molecule has 5 nitrogen and oxygen atoms in total. The molecule has 1 rings (SSSR count). The summed E-state index contributed by atoms with van der Waals surface area (Å²) < 4.78 is 16.0. The van der Waals surface area contributed by atoms with E-state index in [1.807, 2.05) is 18.2 Å². The number of hydrogen-bond donors (Lipinski definition) is 1. The lowest BCUT2D eigenvalue weighted by atomic mass is 10.1. The lowest BCUT2D eigenvalue weighted by molar-refractivity contribution is -0.116. The first kappa shape index (κ1) is 19.0. The fourth-order valence-electron chi connectivity index (χ4n) is 1.82. The van der Waals surface area contributed by atoms with Gasteiger partial charge >= 0.3 is 0 Å². The molecule has 1 aromatic carbocycles. The maximum Gasteiger partial charge on any atom is 0.244 e. The van der Waals surface area contributed by atoms with E-state index in [-0.39, 0.29) is 5.91 Å². The van der Waals surface area contributed by atoms with E-state index >= 15 is 0 Å². The molecule has 0 saturated heterocycles. The van der Waals surface area contributed by atoms with Crippen LogP contribution < -0.4 is 14.8 Å². The summed E-state index contributed by atoms with van der Waals surface area (Å²) in [5.41, 5.74) is 0.875. The molecule has 1 amide bonds. The van der Waals surface area contributed by atoms with E-state index in [1.165, 1.54) is 6.08 Å². The minimum absolute atomic E-state index is 0.154. The average Bonchev–Trinajstić information content (AvgIpc) is 2.53. The van der Waals surface area contributed by atoms with Crippen LogP contribution in [0.1, 0.15) is 25.8 Å². The first-order valence-corrected chi connectivity index (χ1v) is 7.82. The number of nitrogens with one attached hydrogen (secondary N) is 1. The van der Waals surface area contributed by atoms with Gasteiger partial charge in [-0.2, -0.15) is 0 Å². The van der Waals surface area contributed by atoms with Crippen molar-refractivity contribution < 1.29 is 19.0 Å². The van der Waals surface area contributed by atoms with Gasteiger partial charge in [-0.1, -0.05) is 19.9 Å². The fraction of sp³-hybridized carbons (Fsp3) is 0.500. The topological polar surface area (TPSA) is 56.8 Å². The van der Waals surface area contributed by atoms with Crippen molar-refractivity contribution in [2.75, 3.05) is 34.0 Å². The molecule has 0 unspecified atom stereocenters. The van der Waals surface area contributed by atoms with E-state index in [1.54, 1.807) is 20.3 Å². The normalized spacial score (nSPS) is 11.0. The van der Waals surface area contributed by atoms with Crippen molar-refractivity contribution >= 4 is 12.0 Å². The van der Waals surface area contributed by atoms with Crippen LogP contribution in [0.3, 0.4) is 0 Å². The first-order valence-electron chi connectivity index (χ1n) is 7.82. The molecule has 1 aromatic rings. The number of carbonyl (C=O) groups excluding carboxylic acids is 1. The van der Waals surface area contributed by atoms with Crippen molar-refractivity contribution in [3.05, 3.63) is 29.8 Å². The van der Waals surface area contributed by atoms with E-state index in [4.69, 9.17) is 14.2 Å². The molecule has 0 fully saturated rings. The highest BCUT2D eigenvalue weighted by molar-refractivity contribution is 5.91. The van der Waals surface area contributed by atoms with Crippen LogP contribution in [-0.4, -0.2) is 39.9 Å². The Hall–Kier alpha value is -2.01. The van der Waals surface area contributed by atoms with Crippen molar-refractivity contribution in [1.29, 1.82) is 0 Å². The van der Waals surface area contributed by atoms with Gasteiger partial charge in [0.15, 0.2) is 11.5 Å². The Labute approximate surface area is 138 Å². The molecule has 0 spiro atoms. The monoisotopic (exact) mass is 321 g/mol. The molecular weight excluding hydrogens is 294 g/mol. The standard InChI is InChI=1S/C18H27NO4/c1-14(2)9-11-23-16-7-5-15(13-17(16)22-4)6-8-18(20)19-10-12-21-3/h5-8,13-14H,9-12H2,1-4H3,(H,19,20)/b8-6+. The molecule has 128 valence electrons. The number of methoxy groups -OCH3 is 2. The predicted molar refractivity (Wildman–Crippen MR) is 91.9 cm³/mol. The van der Waals surface area contributed by atoms with E-state index in [0.717, 1.165) is 17.7 Å². The molecule has 0 aliphatic rings. The minimum atomic E-state index is -0.154. The van der Waals surface area contributed by atoms with Gasteiger partial charge in [0.1, 0.15) is 0 Å². The third-order valence-corrected chi connectivity index (χ3v) is 3.17. The lowest BCUT2D eigenvalue weighted by Crippen LogP contribution is -2.24. The zero-order valence-electron chi connectivity index (χ0n) is 14.4. The van der Waals surface area contributed by atoms with Gasteiger partial charge < -0.3 is 19.5 Å². The van der Waals surface area contributed by atoms with Gasteiger partial charge in [0.2, 0.25) is 5.91 Å². The molecule has 0 aliphatic heterocycles. The van der Waals surface area contributed by atoms with E-state index in [0.29, 0.717) is 31.4 Å². The predicted octanol–water partition coefficient (Wildman–Crippen LogP) is 2.90. The van der Waals surface area contributed by atoms with Crippen LogP contribution in [0.5, 0.6) is 11.5 Å². The molecular formula is C18H27NO4. The second-order valence-corrected chi connectivity index (χ2v) is 5.56.